The first-order chi connectivity index (χ1) is 10.9. The van der Waals surface area contributed by atoms with Crippen molar-refractivity contribution >= 4 is 27.7 Å². The fourth-order valence-electron chi connectivity index (χ4n) is 2.16. The molecule has 2 aromatic carbocycles. The molecule has 0 aromatic heterocycles. The molecule has 0 saturated carbocycles. The molecular weight excluding hydrogens is 363 g/mol. The van der Waals surface area contributed by atoms with Crippen LogP contribution in [-0.4, -0.2) is 17.9 Å². The van der Waals surface area contributed by atoms with E-state index in [4.69, 9.17) is 5.73 Å². The van der Waals surface area contributed by atoms with E-state index in [1.165, 1.54) is 18.2 Å². The number of hydrogen-bond acceptors (Lipinski definition) is 2. The second kappa shape index (κ2) is 7.87. The Hall–Kier alpha value is -2.21. The van der Waals surface area contributed by atoms with Crippen molar-refractivity contribution in [2.75, 3.05) is 0 Å². The summed E-state index contributed by atoms with van der Waals surface area (Å²) in [7, 11) is 0. The second-order valence-electron chi connectivity index (χ2n) is 5.16. The molecule has 0 unspecified atom stereocenters. The Bertz CT molecular complexity index is 704. The van der Waals surface area contributed by atoms with Gasteiger partial charge in [-0.3, -0.25) is 9.59 Å². The smallest absolute Gasteiger partial charge is 0.240 e. The number of primary amides is 1. The van der Waals surface area contributed by atoms with Gasteiger partial charge in [-0.1, -0.05) is 40.2 Å². The van der Waals surface area contributed by atoms with Crippen LogP contribution < -0.4 is 11.1 Å². The maximum absolute atomic E-state index is 13.1. The summed E-state index contributed by atoms with van der Waals surface area (Å²) in [6.07, 6.45) is 0.291. The molecular formula is C17H16BrFN2O2. The van der Waals surface area contributed by atoms with Crippen molar-refractivity contribution in [3.63, 3.8) is 0 Å². The Morgan fingerprint density at radius 1 is 1.13 bits per heavy atom. The van der Waals surface area contributed by atoms with Gasteiger partial charge in [-0.05, 0) is 35.4 Å². The van der Waals surface area contributed by atoms with Crippen LogP contribution in [0, 0.1) is 5.82 Å². The summed E-state index contributed by atoms with van der Waals surface area (Å²) in [6, 6.07) is 12.4. The molecule has 120 valence electrons. The first-order valence-corrected chi connectivity index (χ1v) is 7.81. The topological polar surface area (TPSA) is 72.2 Å². The highest BCUT2D eigenvalue weighted by Crippen LogP contribution is 2.12. The molecule has 6 heteroatoms. The predicted octanol–water partition coefficient (Wildman–Crippen LogP) is 2.34. The van der Waals surface area contributed by atoms with Crippen LogP contribution in [0.2, 0.25) is 0 Å². The van der Waals surface area contributed by atoms with E-state index in [1.54, 1.807) is 6.07 Å². The molecule has 2 amide bonds. The monoisotopic (exact) mass is 378 g/mol. The van der Waals surface area contributed by atoms with Crippen molar-refractivity contribution < 1.29 is 14.0 Å². The summed E-state index contributed by atoms with van der Waals surface area (Å²) < 4.78 is 14.0. The number of benzene rings is 2. The van der Waals surface area contributed by atoms with Gasteiger partial charge in [0.25, 0.3) is 0 Å². The number of hydrogen-bond donors (Lipinski definition) is 2. The molecule has 4 nitrogen and oxygen atoms in total. The van der Waals surface area contributed by atoms with Crippen molar-refractivity contribution in [2.24, 2.45) is 5.73 Å². The van der Waals surface area contributed by atoms with E-state index in [1.807, 2.05) is 24.3 Å². The maximum atomic E-state index is 13.1. The minimum atomic E-state index is -0.808. The lowest BCUT2D eigenvalue weighted by Crippen LogP contribution is -2.46. The summed E-state index contributed by atoms with van der Waals surface area (Å²) >= 11 is 3.33. The standard InChI is InChI=1S/C17H16BrFN2O2/c18-13-6-4-11(5-7-13)9-15(17(20)23)21-16(22)10-12-2-1-3-14(19)8-12/h1-8,15H,9-10H2,(H2,20,23)(H,21,22)/t15-/m1/s1. The first kappa shape index (κ1) is 17.1. The van der Waals surface area contributed by atoms with Crippen LogP contribution in [0.1, 0.15) is 11.1 Å². The summed E-state index contributed by atoms with van der Waals surface area (Å²) in [5.41, 5.74) is 6.77. The van der Waals surface area contributed by atoms with Gasteiger partial charge in [0.15, 0.2) is 0 Å². The molecule has 0 aliphatic heterocycles. The molecule has 23 heavy (non-hydrogen) atoms. The lowest BCUT2D eigenvalue weighted by Gasteiger charge is -2.16. The van der Waals surface area contributed by atoms with Crippen molar-refractivity contribution in [3.05, 3.63) is 69.9 Å². The number of rotatable bonds is 6. The zero-order valence-electron chi connectivity index (χ0n) is 12.3. The molecule has 0 saturated heterocycles. The highest BCUT2D eigenvalue weighted by Gasteiger charge is 2.18. The van der Waals surface area contributed by atoms with Crippen LogP contribution in [-0.2, 0) is 22.4 Å². The number of nitrogens with one attached hydrogen (secondary N) is 1. The third kappa shape index (κ3) is 5.49. The third-order valence-corrected chi connectivity index (χ3v) is 3.81. The van der Waals surface area contributed by atoms with E-state index in [9.17, 15) is 14.0 Å². The lowest BCUT2D eigenvalue weighted by molar-refractivity contribution is -0.127. The molecule has 0 aliphatic rings. The van der Waals surface area contributed by atoms with E-state index in [0.717, 1.165) is 10.0 Å². The van der Waals surface area contributed by atoms with Gasteiger partial charge >= 0.3 is 0 Å². The van der Waals surface area contributed by atoms with Gasteiger partial charge in [0.2, 0.25) is 11.8 Å². The number of nitrogens with two attached hydrogens (primary N) is 1. The number of amides is 2. The Kier molecular flexibility index (Phi) is 5.87. The number of halogens is 2. The van der Waals surface area contributed by atoms with E-state index in [0.29, 0.717) is 12.0 Å². The Morgan fingerprint density at radius 3 is 2.43 bits per heavy atom. The van der Waals surface area contributed by atoms with E-state index in [2.05, 4.69) is 21.2 Å². The van der Waals surface area contributed by atoms with Gasteiger partial charge in [0, 0.05) is 10.9 Å². The Labute approximate surface area is 142 Å². The highest BCUT2D eigenvalue weighted by molar-refractivity contribution is 9.10. The summed E-state index contributed by atoms with van der Waals surface area (Å²) in [5, 5.41) is 2.60. The van der Waals surface area contributed by atoms with Crippen molar-refractivity contribution in [1.29, 1.82) is 0 Å². The third-order valence-electron chi connectivity index (χ3n) is 3.29. The molecule has 0 spiro atoms. The quantitative estimate of drug-likeness (QED) is 0.809. The largest absolute Gasteiger partial charge is 0.368 e. The van der Waals surface area contributed by atoms with Crippen molar-refractivity contribution in [3.8, 4) is 0 Å². The Morgan fingerprint density at radius 2 is 1.83 bits per heavy atom. The molecule has 1 atom stereocenters. The van der Waals surface area contributed by atoms with Gasteiger partial charge in [-0.15, -0.1) is 0 Å². The van der Waals surface area contributed by atoms with Crippen LogP contribution >= 0.6 is 15.9 Å². The fourth-order valence-corrected chi connectivity index (χ4v) is 2.42. The highest BCUT2D eigenvalue weighted by atomic mass is 79.9. The zero-order chi connectivity index (χ0) is 16.8. The summed E-state index contributed by atoms with van der Waals surface area (Å²) in [6.45, 7) is 0. The van der Waals surface area contributed by atoms with E-state index >= 15 is 0 Å². The average Bonchev–Trinajstić information content (AvgIpc) is 2.48. The molecule has 2 aromatic rings. The molecule has 0 radical (unpaired) electrons. The molecule has 0 fully saturated rings. The van der Waals surface area contributed by atoms with Gasteiger partial charge in [0.05, 0.1) is 6.42 Å². The normalized spacial score (nSPS) is 11.7. The molecule has 3 N–H and O–H groups in total. The van der Waals surface area contributed by atoms with Gasteiger partial charge in [-0.2, -0.15) is 0 Å². The first-order valence-electron chi connectivity index (χ1n) is 7.01. The Balaban J connectivity index is 1.99. The SMILES string of the molecule is NC(=O)[C@@H](Cc1ccc(Br)cc1)NC(=O)Cc1cccc(F)c1. The second-order valence-corrected chi connectivity index (χ2v) is 6.08. The van der Waals surface area contributed by atoms with Gasteiger partial charge < -0.3 is 11.1 Å². The van der Waals surface area contributed by atoms with Crippen LogP contribution in [0.3, 0.4) is 0 Å². The zero-order valence-corrected chi connectivity index (χ0v) is 13.8. The van der Waals surface area contributed by atoms with E-state index in [-0.39, 0.29) is 12.3 Å². The molecule has 0 heterocycles. The maximum Gasteiger partial charge on any atom is 0.240 e. The van der Waals surface area contributed by atoms with Crippen LogP contribution in [0.4, 0.5) is 4.39 Å². The van der Waals surface area contributed by atoms with E-state index < -0.39 is 17.8 Å². The van der Waals surface area contributed by atoms with Crippen LogP contribution in [0.5, 0.6) is 0 Å². The van der Waals surface area contributed by atoms with Gasteiger partial charge in [0.1, 0.15) is 11.9 Å². The number of carbonyl (C=O) groups excluding carboxylic acids is 2. The van der Waals surface area contributed by atoms with Crippen LogP contribution in [0.25, 0.3) is 0 Å². The molecule has 0 aliphatic carbocycles. The summed E-state index contributed by atoms with van der Waals surface area (Å²) in [4.78, 5) is 23.6. The fraction of sp³-hybridized carbons (Fsp3) is 0.176. The molecule has 0 bridgehead atoms. The minimum absolute atomic E-state index is 0.0120. The minimum Gasteiger partial charge on any atom is -0.368 e. The average molecular weight is 379 g/mol. The van der Waals surface area contributed by atoms with Crippen molar-refractivity contribution in [1.82, 2.24) is 5.32 Å². The lowest BCUT2D eigenvalue weighted by atomic mass is 10.0. The van der Waals surface area contributed by atoms with Crippen molar-refractivity contribution in [2.45, 2.75) is 18.9 Å². The van der Waals surface area contributed by atoms with Crippen LogP contribution in [0.15, 0.2) is 53.0 Å². The number of carbonyl (C=O) groups is 2. The van der Waals surface area contributed by atoms with Gasteiger partial charge in [-0.25, -0.2) is 4.39 Å². The molecule has 2 rings (SSSR count). The predicted molar refractivity (Wildman–Crippen MR) is 89.1 cm³/mol. The summed E-state index contributed by atoms with van der Waals surface area (Å²) in [5.74, 6) is -1.39.